The Morgan fingerprint density at radius 1 is 1.29 bits per heavy atom. The molecule has 5 nitrogen and oxygen atoms in total. The number of fused-ring (bicyclic) bond motifs is 1. The molecular formula is C13H14Cl2N4OS. The van der Waals surface area contributed by atoms with Gasteiger partial charge in [0.1, 0.15) is 17.1 Å². The molecule has 1 aromatic carbocycles. The van der Waals surface area contributed by atoms with Gasteiger partial charge < -0.3 is 10.2 Å². The molecule has 1 fully saturated rings. The maximum Gasteiger partial charge on any atom is 0.244 e. The summed E-state index contributed by atoms with van der Waals surface area (Å²) in [6, 6.07) is 1.26. The van der Waals surface area contributed by atoms with E-state index in [9.17, 15) is 4.79 Å². The fourth-order valence-corrected chi connectivity index (χ4v) is 3.67. The van der Waals surface area contributed by atoms with Crippen LogP contribution in [0.4, 0.5) is 5.69 Å². The first-order valence-electron chi connectivity index (χ1n) is 6.73. The van der Waals surface area contributed by atoms with Crippen LogP contribution in [-0.4, -0.2) is 38.7 Å². The quantitative estimate of drug-likeness (QED) is 0.926. The van der Waals surface area contributed by atoms with E-state index in [1.54, 1.807) is 6.07 Å². The summed E-state index contributed by atoms with van der Waals surface area (Å²) in [6.45, 7) is 3.48. The summed E-state index contributed by atoms with van der Waals surface area (Å²) in [6.07, 6.45) is 2.14. The van der Waals surface area contributed by atoms with Gasteiger partial charge in [0.2, 0.25) is 5.91 Å². The van der Waals surface area contributed by atoms with Gasteiger partial charge in [0, 0.05) is 13.1 Å². The third-order valence-corrected chi connectivity index (χ3v) is 4.71. The molecule has 0 radical (unpaired) electrons. The zero-order valence-electron chi connectivity index (χ0n) is 11.4. The van der Waals surface area contributed by atoms with Crippen LogP contribution in [0.3, 0.4) is 0 Å². The molecule has 112 valence electrons. The highest BCUT2D eigenvalue weighted by atomic mass is 35.5. The molecule has 1 aliphatic heterocycles. The van der Waals surface area contributed by atoms with Gasteiger partial charge in [0.15, 0.2) is 0 Å². The number of carbonyl (C=O) groups is 1. The molecule has 2 heterocycles. The lowest BCUT2D eigenvalue weighted by Crippen LogP contribution is -2.39. The number of hydrogen-bond donors (Lipinski definition) is 1. The zero-order chi connectivity index (χ0) is 15.0. The number of nitrogens with one attached hydrogen (secondary N) is 1. The molecule has 1 aromatic heterocycles. The van der Waals surface area contributed by atoms with Gasteiger partial charge in [-0.15, -0.1) is 0 Å². The summed E-state index contributed by atoms with van der Waals surface area (Å²) < 4.78 is 8.38. The highest BCUT2D eigenvalue weighted by Gasteiger charge is 2.25. The van der Waals surface area contributed by atoms with E-state index in [1.165, 1.54) is 0 Å². The molecule has 1 amide bonds. The minimum Gasteiger partial charge on any atom is -0.371 e. The summed E-state index contributed by atoms with van der Waals surface area (Å²) in [5.41, 5.74) is 1.83. The van der Waals surface area contributed by atoms with Crippen LogP contribution in [0, 0.1) is 0 Å². The zero-order valence-corrected chi connectivity index (χ0v) is 13.7. The molecule has 1 aliphatic rings. The van der Waals surface area contributed by atoms with E-state index in [4.69, 9.17) is 23.2 Å². The SMILES string of the molecule is CC(Nc1c(Cl)cc(Cl)c2nsnc12)C(=O)N1CCCC1. The van der Waals surface area contributed by atoms with Gasteiger partial charge in [-0.1, -0.05) is 23.2 Å². The molecule has 0 spiro atoms. The Morgan fingerprint density at radius 3 is 2.67 bits per heavy atom. The van der Waals surface area contributed by atoms with E-state index in [2.05, 4.69) is 14.1 Å². The Balaban J connectivity index is 1.87. The Kier molecular flexibility index (Phi) is 4.19. The second kappa shape index (κ2) is 5.94. The number of aromatic nitrogens is 2. The molecule has 8 heteroatoms. The maximum absolute atomic E-state index is 12.4. The van der Waals surface area contributed by atoms with Crippen molar-refractivity contribution in [1.29, 1.82) is 0 Å². The van der Waals surface area contributed by atoms with E-state index in [0.29, 0.717) is 26.8 Å². The number of benzene rings is 1. The fraction of sp³-hybridized carbons (Fsp3) is 0.462. The predicted octanol–water partition coefficient (Wildman–Crippen LogP) is 3.42. The van der Waals surface area contributed by atoms with Crippen molar-refractivity contribution in [3.63, 3.8) is 0 Å². The van der Waals surface area contributed by atoms with Crippen molar-refractivity contribution in [2.75, 3.05) is 18.4 Å². The van der Waals surface area contributed by atoms with Gasteiger partial charge in [-0.2, -0.15) is 8.75 Å². The summed E-state index contributed by atoms with van der Waals surface area (Å²) in [5, 5.41) is 4.08. The first kappa shape index (κ1) is 14.8. The van der Waals surface area contributed by atoms with E-state index in [-0.39, 0.29) is 11.9 Å². The van der Waals surface area contributed by atoms with Gasteiger partial charge in [-0.25, -0.2) is 0 Å². The fourth-order valence-electron chi connectivity index (χ4n) is 2.50. The number of carbonyl (C=O) groups excluding carboxylic acids is 1. The van der Waals surface area contributed by atoms with Gasteiger partial charge in [-0.3, -0.25) is 4.79 Å². The van der Waals surface area contributed by atoms with Gasteiger partial charge in [-0.05, 0) is 25.8 Å². The van der Waals surface area contributed by atoms with Crippen molar-refractivity contribution >= 4 is 57.6 Å². The van der Waals surface area contributed by atoms with E-state index in [1.807, 2.05) is 11.8 Å². The number of nitrogens with zero attached hydrogens (tertiary/aromatic N) is 3. The normalized spacial score (nSPS) is 16.4. The molecule has 21 heavy (non-hydrogen) atoms. The van der Waals surface area contributed by atoms with Crippen LogP contribution in [0.25, 0.3) is 11.0 Å². The molecule has 1 N–H and O–H groups in total. The van der Waals surface area contributed by atoms with Crippen LogP contribution in [-0.2, 0) is 4.79 Å². The van der Waals surface area contributed by atoms with E-state index < -0.39 is 0 Å². The average Bonchev–Trinajstić information content (AvgIpc) is 3.12. The van der Waals surface area contributed by atoms with Crippen LogP contribution in [0.5, 0.6) is 0 Å². The average molecular weight is 345 g/mol. The maximum atomic E-state index is 12.4. The predicted molar refractivity (Wildman–Crippen MR) is 86.3 cm³/mol. The number of hydrogen-bond acceptors (Lipinski definition) is 5. The van der Waals surface area contributed by atoms with E-state index in [0.717, 1.165) is 37.7 Å². The first-order valence-corrected chi connectivity index (χ1v) is 8.22. The molecule has 1 atom stereocenters. The van der Waals surface area contributed by atoms with Crippen molar-refractivity contribution in [2.45, 2.75) is 25.8 Å². The number of anilines is 1. The summed E-state index contributed by atoms with van der Waals surface area (Å²) >= 11 is 13.4. The van der Waals surface area contributed by atoms with Crippen molar-refractivity contribution < 1.29 is 4.79 Å². The summed E-state index contributed by atoms with van der Waals surface area (Å²) in [7, 11) is 0. The van der Waals surface area contributed by atoms with Gasteiger partial charge in [0.05, 0.1) is 27.5 Å². The Morgan fingerprint density at radius 2 is 1.95 bits per heavy atom. The summed E-state index contributed by atoms with van der Waals surface area (Å²) in [5.74, 6) is 0.0786. The minimum atomic E-state index is -0.369. The molecule has 0 saturated carbocycles. The van der Waals surface area contributed by atoms with Crippen LogP contribution >= 0.6 is 34.9 Å². The largest absolute Gasteiger partial charge is 0.371 e. The molecule has 1 unspecified atom stereocenters. The second-order valence-electron chi connectivity index (χ2n) is 5.08. The third kappa shape index (κ3) is 2.80. The van der Waals surface area contributed by atoms with Crippen molar-refractivity contribution in [3.05, 3.63) is 16.1 Å². The number of halogens is 2. The second-order valence-corrected chi connectivity index (χ2v) is 6.42. The monoisotopic (exact) mass is 344 g/mol. The van der Waals surface area contributed by atoms with Crippen LogP contribution in [0.15, 0.2) is 6.07 Å². The number of likely N-dealkylation sites (tertiary alicyclic amines) is 1. The highest BCUT2D eigenvalue weighted by molar-refractivity contribution is 7.00. The van der Waals surface area contributed by atoms with E-state index >= 15 is 0 Å². The Bertz CT molecular complexity index is 684. The van der Waals surface area contributed by atoms with Gasteiger partial charge in [0.25, 0.3) is 0 Å². The minimum absolute atomic E-state index is 0.0786. The molecule has 0 aliphatic carbocycles. The van der Waals surface area contributed by atoms with Crippen LogP contribution in [0.1, 0.15) is 19.8 Å². The Hall–Kier alpha value is -1.11. The molecule has 0 bridgehead atoms. The smallest absolute Gasteiger partial charge is 0.244 e. The van der Waals surface area contributed by atoms with Crippen molar-refractivity contribution in [2.24, 2.45) is 0 Å². The summed E-state index contributed by atoms with van der Waals surface area (Å²) in [4.78, 5) is 14.2. The molecule has 1 saturated heterocycles. The third-order valence-electron chi connectivity index (χ3n) is 3.59. The van der Waals surface area contributed by atoms with Crippen molar-refractivity contribution in [3.8, 4) is 0 Å². The molecule has 2 aromatic rings. The number of rotatable bonds is 3. The Labute approximate surface area is 136 Å². The molecule has 3 rings (SSSR count). The highest BCUT2D eigenvalue weighted by Crippen LogP contribution is 2.35. The standard InChI is InChI=1S/C13H14Cl2N4OS/c1-7(13(20)19-4-2-3-5-19)16-10-8(14)6-9(15)11-12(10)18-21-17-11/h6-7,16H,2-5H2,1H3. The number of amides is 1. The lowest BCUT2D eigenvalue weighted by molar-refractivity contribution is -0.130. The van der Waals surface area contributed by atoms with Crippen LogP contribution in [0.2, 0.25) is 10.0 Å². The molecular weight excluding hydrogens is 331 g/mol. The first-order chi connectivity index (χ1) is 10.1. The topological polar surface area (TPSA) is 58.1 Å². The lowest BCUT2D eigenvalue weighted by Gasteiger charge is -2.22. The lowest BCUT2D eigenvalue weighted by atomic mass is 10.2. The van der Waals surface area contributed by atoms with Crippen LogP contribution < -0.4 is 5.32 Å². The van der Waals surface area contributed by atoms with Crippen molar-refractivity contribution in [1.82, 2.24) is 13.6 Å². The van der Waals surface area contributed by atoms with Gasteiger partial charge >= 0.3 is 0 Å².